The van der Waals surface area contributed by atoms with Crippen molar-refractivity contribution in [2.45, 2.75) is 17.6 Å². The van der Waals surface area contributed by atoms with E-state index in [1.807, 2.05) is 0 Å². The van der Waals surface area contributed by atoms with Crippen LogP contribution in [0.15, 0.2) is 47.4 Å². The average Bonchev–Trinajstić information content (AvgIpc) is 2.47. The Morgan fingerprint density at radius 2 is 1.95 bits per heavy atom. The molecule has 2 aromatic rings. The zero-order valence-corrected chi connectivity index (χ0v) is 13.0. The Hall–Kier alpha value is -1.52. The highest BCUT2D eigenvalue weighted by Crippen LogP contribution is 2.29. The molecular formula is C16H14ClFO2S. The molecular weight excluding hydrogens is 311 g/mol. The summed E-state index contributed by atoms with van der Waals surface area (Å²) in [4.78, 5) is 12.8. The molecule has 0 atom stereocenters. The van der Waals surface area contributed by atoms with Gasteiger partial charge in [-0.15, -0.1) is 11.8 Å². The molecule has 2 rings (SSSR count). The van der Waals surface area contributed by atoms with Gasteiger partial charge in [-0.2, -0.15) is 0 Å². The quantitative estimate of drug-likeness (QED) is 0.575. The lowest BCUT2D eigenvalue weighted by Gasteiger charge is -2.10. The first kappa shape index (κ1) is 15.9. The molecule has 0 aliphatic heterocycles. The van der Waals surface area contributed by atoms with Crippen molar-refractivity contribution in [3.63, 3.8) is 0 Å². The van der Waals surface area contributed by atoms with Crippen LogP contribution in [0.25, 0.3) is 0 Å². The smallest absolute Gasteiger partial charge is 0.338 e. The van der Waals surface area contributed by atoms with Gasteiger partial charge in [0, 0.05) is 15.7 Å². The van der Waals surface area contributed by atoms with Crippen molar-refractivity contribution < 1.29 is 13.9 Å². The molecule has 0 aromatic heterocycles. The van der Waals surface area contributed by atoms with Crippen LogP contribution in [-0.4, -0.2) is 12.6 Å². The lowest BCUT2D eigenvalue weighted by Crippen LogP contribution is -2.08. The first-order valence-electron chi connectivity index (χ1n) is 6.44. The Morgan fingerprint density at radius 1 is 1.24 bits per heavy atom. The molecule has 2 aromatic carbocycles. The standard InChI is InChI=1S/C16H14ClFO2S/c1-2-20-16(19)13-4-3-5-15(17)14(13)10-21-12-8-6-11(18)7-9-12/h3-9H,2,10H2,1H3. The molecule has 0 fully saturated rings. The van der Waals surface area contributed by atoms with Gasteiger partial charge >= 0.3 is 5.97 Å². The molecule has 2 nitrogen and oxygen atoms in total. The van der Waals surface area contributed by atoms with Crippen molar-refractivity contribution in [1.29, 1.82) is 0 Å². The fourth-order valence-corrected chi connectivity index (χ4v) is 3.06. The number of halogens is 2. The van der Waals surface area contributed by atoms with Crippen LogP contribution in [-0.2, 0) is 10.5 Å². The van der Waals surface area contributed by atoms with E-state index in [0.29, 0.717) is 22.9 Å². The summed E-state index contributed by atoms with van der Waals surface area (Å²) >= 11 is 7.67. The van der Waals surface area contributed by atoms with E-state index in [0.717, 1.165) is 10.5 Å². The Kier molecular flexibility index (Phi) is 5.65. The van der Waals surface area contributed by atoms with Crippen molar-refractivity contribution in [1.82, 2.24) is 0 Å². The molecule has 0 radical (unpaired) electrons. The van der Waals surface area contributed by atoms with Crippen molar-refractivity contribution >= 4 is 29.3 Å². The number of carbonyl (C=O) groups is 1. The van der Waals surface area contributed by atoms with Crippen molar-refractivity contribution in [3.05, 3.63) is 64.4 Å². The van der Waals surface area contributed by atoms with Crippen LogP contribution in [0.5, 0.6) is 0 Å². The molecule has 21 heavy (non-hydrogen) atoms. The molecule has 0 amide bonds. The fourth-order valence-electron chi connectivity index (χ4n) is 1.79. The van der Waals surface area contributed by atoms with Gasteiger partial charge in [0.15, 0.2) is 0 Å². The Morgan fingerprint density at radius 3 is 2.62 bits per heavy atom. The predicted molar refractivity (Wildman–Crippen MR) is 83.4 cm³/mol. The lowest BCUT2D eigenvalue weighted by molar-refractivity contribution is 0.0525. The van der Waals surface area contributed by atoms with Crippen LogP contribution in [0.4, 0.5) is 4.39 Å². The summed E-state index contributed by atoms with van der Waals surface area (Å²) in [6.45, 7) is 2.07. The number of thioether (sulfide) groups is 1. The van der Waals surface area contributed by atoms with Gasteiger partial charge in [-0.25, -0.2) is 9.18 Å². The van der Waals surface area contributed by atoms with Crippen LogP contribution in [0.2, 0.25) is 5.02 Å². The van der Waals surface area contributed by atoms with E-state index in [4.69, 9.17) is 16.3 Å². The number of benzene rings is 2. The number of ether oxygens (including phenoxy) is 1. The molecule has 0 bridgehead atoms. The summed E-state index contributed by atoms with van der Waals surface area (Å²) in [7, 11) is 0. The summed E-state index contributed by atoms with van der Waals surface area (Å²) < 4.78 is 17.9. The third-order valence-electron chi connectivity index (χ3n) is 2.81. The minimum atomic E-state index is -0.380. The Labute approximate surface area is 132 Å². The molecule has 0 aliphatic carbocycles. The van der Waals surface area contributed by atoms with Gasteiger partial charge in [0.05, 0.1) is 12.2 Å². The number of hydrogen-bond acceptors (Lipinski definition) is 3. The molecule has 0 saturated carbocycles. The molecule has 0 N–H and O–H groups in total. The van der Waals surface area contributed by atoms with Crippen LogP contribution in [0.1, 0.15) is 22.8 Å². The van der Waals surface area contributed by atoms with Gasteiger partial charge in [-0.05, 0) is 48.9 Å². The van der Waals surface area contributed by atoms with Gasteiger partial charge in [-0.3, -0.25) is 0 Å². The van der Waals surface area contributed by atoms with Gasteiger partial charge in [-0.1, -0.05) is 17.7 Å². The number of esters is 1. The first-order chi connectivity index (χ1) is 10.1. The highest BCUT2D eigenvalue weighted by atomic mass is 35.5. The second-order valence-corrected chi connectivity index (χ2v) is 5.68. The number of hydrogen-bond donors (Lipinski definition) is 0. The molecule has 0 aliphatic rings. The summed E-state index contributed by atoms with van der Waals surface area (Å²) in [5.74, 6) is -0.140. The largest absolute Gasteiger partial charge is 0.462 e. The monoisotopic (exact) mass is 324 g/mol. The SMILES string of the molecule is CCOC(=O)c1cccc(Cl)c1CSc1ccc(F)cc1. The van der Waals surface area contributed by atoms with Gasteiger partial charge in [0.2, 0.25) is 0 Å². The maximum absolute atomic E-state index is 12.9. The third kappa shape index (κ3) is 4.22. The molecule has 5 heteroatoms. The number of rotatable bonds is 5. The second-order valence-electron chi connectivity index (χ2n) is 4.23. The zero-order chi connectivity index (χ0) is 15.2. The molecule has 110 valence electrons. The molecule has 0 unspecified atom stereocenters. The topological polar surface area (TPSA) is 26.3 Å². The van der Waals surface area contributed by atoms with Crippen molar-refractivity contribution in [2.24, 2.45) is 0 Å². The third-order valence-corrected chi connectivity index (χ3v) is 4.20. The van der Waals surface area contributed by atoms with E-state index in [9.17, 15) is 9.18 Å². The second kappa shape index (κ2) is 7.48. The number of carbonyl (C=O) groups excluding carboxylic acids is 1. The van der Waals surface area contributed by atoms with Crippen LogP contribution in [0.3, 0.4) is 0 Å². The summed E-state index contributed by atoms with van der Waals surface area (Å²) in [5.41, 5.74) is 1.20. The Bertz CT molecular complexity index is 629. The van der Waals surface area contributed by atoms with Crippen LogP contribution < -0.4 is 0 Å². The van der Waals surface area contributed by atoms with E-state index >= 15 is 0 Å². The first-order valence-corrected chi connectivity index (χ1v) is 7.81. The lowest BCUT2D eigenvalue weighted by atomic mass is 10.1. The van der Waals surface area contributed by atoms with Crippen molar-refractivity contribution in [2.75, 3.05) is 6.61 Å². The summed E-state index contributed by atoms with van der Waals surface area (Å²) in [5, 5.41) is 0.523. The van der Waals surface area contributed by atoms with E-state index in [1.165, 1.54) is 23.9 Å². The predicted octanol–water partition coefficient (Wildman–Crippen LogP) is 4.95. The average molecular weight is 325 g/mol. The highest BCUT2D eigenvalue weighted by Gasteiger charge is 2.15. The van der Waals surface area contributed by atoms with E-state index in [-0.39, 0.29) is 11.8 Å². The van der Waals surface area contributed by atoms with E-state index in [2.05, 4.69) is 0 Å². The highest BCUT2D eigenvalue weighted by molar-refractivity contribution is 7.98. The summed E-state index contributed by atoms with van der Waals surface area (Å²) in [6, 6.07) is 11.4. The van der Waals surface area contributed by atoms with Gasteiger partial charge in [0.1, 0.15) is 5.82 Å². The van der Waals surface area contributed by atoms with E-state index in [1.54, 1.807) is 37.3 Å². The van der Waals surface area contributed by atoms with Crippen LogP contribution >= 0.6 is 23.4 Å². The zero-order valence-electron chi connectivity index (χ0n) is 11.4. The fraction of sp³-hybridized carbons (Fsp3) is 0.188. The van der Waals surface area contributed by atoms with Gasteiger partial charge < -0.3 is 4.74 Å². The maximum Gasteiger partial charge on any atom is 0.338 e. The Balaban J connectivity index is 2.18. The van der Waals surface area contributed by atoms with E-state index < -0.39 is 0 Å². The molecule has 0 saturated heterocycles. The molecule has 0 spiro atoms. The molecule has 0 heterocycles. The summed E-state index contributed by atoms with van der Waals surface area (Å²) in [6.07, 6.45) is 0. The van der Waals surface area contributed by atoms with Crippen LogP contribution in [0, 0.1) is 5.82 Å². The minimum absolute atomic E-state index is 0.274. The van der Waals surface area contributed by atoms with Gasteiger partial charge in [0.25, 0.3) is 0 Å². The maximum atomic E-state index is 12.9. The normalized spacial score (nSPS) is 10.4. The van der Waals surface area contributed by atoms with Crippen molar-refractivity contribution in [3.8, 4) is 0 Å². The minimum Gasteiger partial charge on any atom is -0.462 e.